The van der Waals surface area contributed by atoms with Gasteiger partial charge in [-0.05, 0) is 70.3 Å². The van der Waals surface area contributed by atoms with Crippen molar-refractivity contribution in [2.24, 2.45) is 5.92 Å². The van der Waals surface area contributed by atoms with Crippen LogP contribution in [0.5, 0.6) is 0 Å². The van der Waals surface area contributed by atoms with E-state index >= 15 is 0 Å². The summed E-state index contributed by atoms with van der Waals surface area (Å²) in [5.74, 6) is 0.469. The van der Waals surface area contributed by atoms with Gasteiger partial charge in [0.25, 0.3) is 0 Å². The second-order valence-corrected chi connectivity index (χ2v) is 7.76. The van der Waals surface area contributed by atoms with Gasteiger partial charge in [0.1, 0.15) is 0 Å². The van der Waals surface area contributed by atoms with E-state index < -0.39 is 5.60 Å². The Balaban J connectivity index is 1.56. The molecule has 2 N–H and O–H groups in total. The Kier molecular flexibility index (Phi) is 4.92. The Labute approximate surface area is 129 Å². The van der Waals surface area contributed by atoms with Crippen LogP contribution in [0.4, 0.5) is 0 Å². The van der Waals surface area contributed by atoms with Crippen LogP contribution >= 0.6 is 0 Å². The number of hydrogen-bond donors (Lipinski definition) is 2. The molecule has 1 saturated heterocycles. The molecule has 2 aliphatic carbocycles. The molecule has 3 heteroatoms. The first-order chi connectivity index (χ1) is 10.2. The van der Waals surface area contributed by atoms with Crippen molar-refractivity contribution in [1.29, 1.82) is 0 Å². The minimum absolute atomic E-state index is 0.135. The van der Waals surface area contributed by atoms with Crippen LogP contribution < -0.4 is 5.32 Å². The second-order valence-electron chi connectivity index (χ2n) is 7.76. The molecule has 0 aromatic heterocycles. The second kappa shape index (κ2) is 6.55. The first-order valence-corrected chi connectivity index (χ1v) is 9.26. The van der Waals surface area contributed by atoms with Crippen molar-refractivity contribution >= 4 is 0 Å². The summed E-state index contributed by atoms with van der Waals surface area (Å²) < 4.78 is 6.14. The molecule has 21 heavy (non-hydrogen) atoms. The van der Waals surface area contributed by atoms with Crippen LogP contribution in [0.15, 0.2) is 0 Å². The van der Waals surface area contributed by atoms with Gasteiger partial charge in [-0.1, -0.05) is 19.8 Å². The van der Waals surface area contributed by atoms with E-state index in [0.29, 0.717) is 12.0 Å². The number of aliphatic hydroxyl groups is 1. The van der Waals surface area contributed by atoms with Crippen molar-refractivity contribution < 1.29 is 9.84 Å². The molecule has 3 fully saturated rings. The maximum absolute atomic E-state index is 11.2. The Hall–Kier alpha value is -0.120. The molecule has 3 nitrogen and oxygen atoms in total. The van der Waals surface area contributed by atoms with Crippen molar-refractivity contribution in [2.75, 3.05) is 13.2 Å². The Morgan fingerprint density at radius 2 is 1.81 bits per heavy atom. The van der Waals surface area contributed by atoms with Crippen molar-refractivity contribution in [2.45, 2.75) is 94.8 Å². The van der Waals surface area contributed by atoms with Gasteiger partial charge in [-0.15, -0.1) is 0 Å². The fourth-order valence-electron chi connectivity index (χ4n) is 4.93. The zero-order valence-corrected chi connectivity index (χ0v) is 13.7. The monoisotopic (exact) mass is 295 g/mol. The van der Waals surface area contributed by atoms with E-state index in [1.54, 1.807) is 0 Å². The molecule has 3 rings (SSSR count). The number of nitrogens with one attached hydrogen (secondary N) is 1. The predicted molar refractivity (Wildman–Crippen MR) is 85.4 cm³/mol. The summed E-state index contributed by atoms with van der Waals surface area (Å²) in [4.78, 5) is 0. The number of rotatable bonds is 4. The summed E-state index contributed by atoms with van der Waals surface area (Å²) >= 11 is 0. The molecular weight excluding hydrogens is 262 g/mol. The summed E-state index contributed by atoms with van der Waals surface area (Å²) in [6.45, 7) is 4.20. The van der Waals surface area contributed by atoms with E-state index in [9.17, 15) is 5.11 Å². The molecule has 0 bridgehead atoms. The van der Waals surface area contributed by atoms with Gasteiger partial charge in [-0.25, -0.2) is 0 Å². The topological polar surface area (TPSA) is 41.5 Å². The molecule has 1 spiro atoms. The predicted octanol–water partition coefficient (Wildman–Crippen LogP) is 3.40. The highest BCUT2D eigenvalue weighted by molar-refractivity contribution is 5.00. The maximum Gasteiger partial charge on any atom is 0.0686 e. The summed E-state index contributed by atoms with van der Waals surface area (Å²) in [5, 5.41) is 14.8. The van der Waals surface area contributed by atoms with Crippen molar-refractivity contribution in [3.8, 4) is 0 Å². The third-order valence-corrected chi connectivity index (χ3v) is 6.30. The van der Waals surface area contributed by atoms with Gasteiger partial charge in [0.2, 0.25) is 0 Å². The average molecular weight is 295 g/mol. The largest absolute Gasteiger partial charge is 0.390 e. The van der Waals surface area contributed by atoms with E-state index in [4.69, 9.17) is 4.74 Å². The zero-order chi connectivity index (χ0) is 14.8. The highest BCUT2D eigenvalue weighted by Crippen LogP contribution is 2.48. The van der Waals surface area contributed by atoms with E-state index in [0.717, 1.165) is 51.7 Å². The summed E-state index contributed by atoms with van der Waals surface area (Å²) in [6.07, 6.45) is 12.7. The lowest BCUT2D eigenvalue weighted by Gasteiger charge is -2.48. The number of hydrogen-bond acceptors (Lipinski definition) is 3. The molecule has 122 valence electrons. The van der Waals surface area contributed by atoms with Gasteiger partial charge in [-0.3, -0.25) is 0 Å². The minimum Gasteiger partial charge on any atom is -0.390 e. The quantitative estimate of drug-likeness (QED) is 0.835. The van der Waals surface area contributed by atoms with Gasteiger partial charge < -0.3 is 15.2 Å². The fourth-order valence-corrected chi connectivity index (χ4v) is 4.93. The molecule has 2 saturated carbocycles. The molecule has 1 unspecified atom stereocenters. The highest BCUT2D eigenvalue weighted by atomic mass is 16.5. The average Bonchev–Trinajstić information content (AvgIpc) is 2.95. The fraction of sp³-hybridized carbons (Fsp3) is 1.00. The smallest absolute Gasteiger partial charge is 0.0686 e. The van der Waals surface area contributed by atoms with Gasteiger partial charge in [0.05, 0.1) is 11.2 Å². The minimum atomic E-state index is -0.413. The van der Waals surface area contributed by atoms with E-state index in [2.05, 4.69) is 12.2 Å². The van der Waals surface area contributed by atoms with E-state index in [-0.39, 0.29) is 5.60 Å². The summed E-state index contributed by atoms with van der Waals surface area (Å²) in [7, 11) is 0. The summed E-state index contributed by atoms with van der Waals surface area (Å²) in [5.41, 5.74) is -0.278. The third kappa shape index (κ3) is 3.46. The van der Waals surface area contributed by atoms with Crippen LogP contribution in [0, 0.1) is 5.92 Å². The van der Waals surface area contributed by atoms with Gasteiger partial charge in [0, 0.05) is 12.6 Å². The highest BCUT2D eigenvalue weighted by Gasteiger charge is 2.47. The number of ether oxygens (including phenoxy) is 1. The van der Waals surface area contributed by atoms with Crippen LogP contribution in [0.25, 0.3) is 0 Å². The first kappa shape index (κ1) is 15.8. The maximum atomic E-state index is 11.2. The van der Waals surface area contributed by atoms with Crippen LogP contribution in [0.1, 0.15) is 77.6 Å². The van der Waals surface area contributed by atoms with Crippen LogP contribution in [0.3, 0.4) is 0 Å². The molecule has 0 aromatic rings. The Morgan fingerprint density at radius 3 is 2.48 bits per heavy atom. The molecule has 0 radical (unpaired) electrons. The van der Waals surface area contributed by atoms with Crippen LogP contribution in [-0.2, 0) is 4.74 Å². The zero-order valence-electron chi connectivity index (χ0n) is 13.7. The molecule has 1 heterocycles. The van der Waals surface area contributed by atoms with Gasteiger partial charge >= 0.3 is 0 Å². The molecular formula is C18H33NO2. The van der Waals surface area contributed by atoms with Gasteiger partial charge in [0.15, 0.2) is 0 Å². The Morgan fingerprint density at radius 1 is 1.10 bits per heavy atom. The molecule has 0 aromatic carbocycles. The Bertz CT molecular complexity index is 330. The molecule has 3 aliphatic rings. The van der Waals surface area contributed by atoms with Crippen LogP contribution in [0.2, 0.25) is 0 Å². The lowest BCUT2D eigenvalue weighted by molar-refractivity contribution is -0.150. The van der Waals surface area contributed by atoms with Crippen molar-refractivity contribution in [3.63, 3.8) is 0 Å². The van der Waals surface area contributed by atoms with Gasteiger partial charge in [-0.2, -0.15) is 0 Å². The lowest BCUT2D eigenvalue weighted by atomic mass is 9.68. The van der Waals surface area contributed by atoms with E-state index in [1.807, 2.05) is 0 Å². The third-order valence-electron chi connectivity index (χ3n) is 6.30. The first-order valence-electron chi connectivity index (χ1n) is 9.26. The van der Waals surface area contributed by atoms with Crippen molar-refractivity contribution in [1.82, 2.24) is 5.32 Å². The molecule has 1 aliphatic heterocycles. The lowest BCUT2D eigenvalue weighted by Crippen LogP contribution is -2.51. The van der Waals surface area contributed by atoms with E-state index in [1.165, 1.54) is 32.1 Å². The standard InChI is InChI=1S/C18H33NO2/c1-2-12-19-16-5-10-18(20,11-6-16)15-7-13-21-17(14-15)8-3-4-9-17/h15-16,19-20H,2-14H2,1H3. The SMILES string of the molecule is CCCNC1CCC(O)(C2CCOC3(CCCC3)C2)CC1. The molecule has 0 amide bonds. The van der Waals surface area contributed by atoms with Crippen LogP contribution in [-0.4, -0.2) is 35.5 Å². The normalized spacial score (nSPS) is 39.7. The summed E-state index contributed by atoms with van der Waals surface area (Å²) in [6, 6.07) is 0.630. The van der Waals surface area contributed by atoms with Crippen molar-refractivity contribution in [3.05, 3.63) is 0 Å². The molecule has 1 atom stereocenters.